The highest BCUT2D eigenvalue weighted by molar-refractivity contribution is 14.0. The Bertz CT molecular complexity index is 591. The number of hydrogen-bond acceptors (Lipinski definition) is 5. The lowest BCUT2D eigenvalue weighted by atomic mass is 10.1. The first-order valence-electron chi connectivity index (χ1n) is 10.1. The van der Waals surface area contributed by atoms with Crippen molar-refractivity contribution >= 4 is 29.9 Å². The quantitative estimate of drug-likeness (QED) is 0.218. The SMILES string of the molecule is COCCCNC(=NCc1nnc(C)n1C)NC[C@H]1CCCN1CC(C)C.I. The molecule has 1 aliphatic rings. The maximum atomic E-state index is 5.14. The van der Waals surface area contributed by atoms with Gasteiger partial charge in [-0.05, 0) is 38.6 Å². The predicted octanol–water partition coefficient (Wildman–Crippen LogP) is 1.93. The van der Waals surface area contributed by atoms with Gasteiger partial charge in [-0.3, -0.25) is 4.90 Å². The Labute approximate surface area is 186 Å². The molecule has 2 N–H and O–H groups in total. The van der Waals surface area contributed by atoms with E-state index in [9.17, 15) is 0 Å². The number of rotatable bonds is 10. The first-order valence-corrected chi connectivity index (χ1v) is 10.1. The van der Waals surface area contributed by atoms with E-state index >= 15 is 0 Å². The lowest BCUT2D eigenvalue weighted by Gasteiger charge is -2.27. The molecule has 0 radical (unpaired) electrons. The maximum absolute atomic E-state index is 5.14. The van der Waals surface area contributed by atoms with Crippen LogP contribution in [-0.2, 0) is 18.3 Å². The number of aliphatic imine (C=N–C) groups is 1. The van der Waals surface area contributed by atoms with Crippen molar-refractivity contribution in [2.24, 2.45) is 18.0 Å². The van der Waals surface area contributed by atoms with Gasteiger partial charge in [0.1, 0.15) is 12.4 Å². The fourth-order valence-electron chi connectivity index (χ4n) is 3.39. The number of hydrogen-bond donors (Lipinski definition) is 2. The molecule has 1 fully saturated rings. The van der Waals surface area contributed by atoms with Gasteiger partial charge in [-0.25, -0.2) is 4.99 Å². The minimum absolute atomic E-state index is 0. The minimum Gasteiger partial charge on any atom is -0.385 e. The Morgan fingerprint density at radius 1 is 1.32 bits per heavy atom. The first kappa shape index (κ1) is 25.1. The van der Waals surface area contributed by atoms with Crippen molar-refractivity contribution in [2.45, 2.75) is 52.6 Å². The van der Waals surface area contributed by atoms with Gasteiger partial charge in [0.05, 0.1) is 0 Å². The Kier molecular flexibility index (Phi) is 11.9. The lowest BCUT2D eigenvalue weighted by molar-refractivity contribution is 0.195. The topological polar surface area (TPSA) is 79.6 Å². The van der Waals surface area contributed by atoms with Gasteiger partial charge in [-0.2, -0.15) is 0 Å². The summed E-state index contributed by atoms with van der Waals surface area (Å²) in [6, 6.07) is 0.579. The van der Waals surface area contributed by atoms with Crippen LogP contribution in [0.1, 0.15) is 44.8 Å². The molecule has 1 atom stereocenters. The largest absolute Gasteiger partial charge is 0.385 e. The summed E-state index contributed by atoms with van der Waals surface area (Å²) in [5, 5.41) is 15.3. The van der Waals surface area contributed by atoms with E-state index < -0.39 is 0 Å². The van der Waals surface area contributed by atoms with E-state index in [0.717, 1.165) is 50.3 Å². The van der Waals surface area contributed by atoms with Crippen molar-refractivity contribution in [2.75, 3.05) is 39.9 Å². The second-order valence-electron chi connectivity index (χ2n) is 7.73. The summed E-state index contributed by atoms with van der Waals surface area (Å²) in [7, 11) is 3.70. The summed E-state index contributed by atoms with van der Waals surface area (Å²) in [6.07, 6.45) is 3.48. The van der Waals surface area contributed by atoms with Crippen LogP contribution in [0.15, 0.2) is 4.99 Å². The Morgan fingerprint density at radius 2 is 2.11 bits per heavy atom. The van der Waals surface area contributed by atoms with Crippen LogP contribution in [0.2, 0.25) is 0 Å². The Hall–Kier alpha value is -0.940. The normalized spacial score (nSPS) is 17.8. The van der Waals surface area contributed by atoms with Crippen LogP contribution in [0.3, 0.4) is 0 Å². The van der Waals surface area contributed by atoms with Gasteiger partial charge >= 0.3 is 0 Å². The number of aryl methyl sites for hydroxylation is 1. The average molecular weight is 507 g/mol. The molecular weight excluding hydrogens is 469 g/mol. The molecular formula is C19H38IN7O. The third kappa shape index (κ3) is 8.20. The standard InChI is InChI=1S/C19H37N7O.HI/c1-15(2)14-26-10-6-8-17(26)12-21-19(20-9-7-11-27-5)22-13-18-24-23-16(3)25(18)4;/h15,17H,6-14H2,1-5H3,(H2,20,21,22);1H/t17-;/m1./s1. The summed E-state index contributed by atoms with van der Waals surface area (Å²) in [4.78, 5) is 7.33. The second-order valence-corrected chi connectivity index (χ2v) is 7.73. The number of nitrogens with one attached hydrogen (secondary N) is 2. The minimum atomic E-state index is 0. The maximum Gasteiger partial charge on any atom is 0.191 e. The molecule has 1 aromatic rings. The van der Waals surface area contributed by atoms with Gasteiger partial charge in [-0.1, -0.05) is 13.8 Å². The predicted molar refractivity (Wildman–Crippen MR) is 124 cm³/mol. The smallest absolute Gasteiger partial charge is 0.191 e. The highest BCUT2D eigenvalue weighted by Gasteiger charge is 2.24. The van der Waals surface area contributed by atoms with Crippen molar-refractivity contribution in [3.05, 3.63) is 11.6 Å². The van der Waals surface area contributed by atoms with Crippen molar-refractivity contribution < 1.29 is 4.74 Å². The van der Waals surface area contributed by atoms with Crippen molar-refractivity contribution in [3.63, 3.8) is 0 Å². The molecule has 2 rings (SSSR count). The molecule has 8 nitrogen and oxygen atoms in total. The van der Waals surface area contributed by atoms with E-state index in [1.807, 2.05) is 18.5 Å². The summed E-state index contributed by atoms with van der Waals surface area (Å²) in [6.45, 7) is 11.9. The van der Waals surface area contributed by atoms with Gasteiger partial charge in [0.2, 0.25) is 0 Å². The molecule has 0 spiro atoms. The third-order valence-electron chi connectivity index (χ3n) is 4.98. The Morgan fingerprint density at radius 3 is 2.75 bits per heavy atom. The van der Waals surface area contributed by atoms with Gasteiger partial charge < -0.3 is 19.9 Å². The number of halogens is 1. The van der Waals surface area contributed by atoms with Gasteiger partial charge in [0.15, 0.2) is 11.8 Å². The number of nitrogens with zero attached hydrogens (tertiary/aromatic N) is 5. The monoisotopic (exact) mass is 507 g/mol. The first-order chi connectivity index (χ1) is 13.0. The summed E-state index contributed by atoms with van der Waals surface area (Å²) in [5.41, 5.74) is 0. The zero-order valence-corrected chi connectivity index (χ0v) is 20.4. The van der Waals surface area contributed by atoms with E-state index in [-0.39, 0.29) is 24.0 Å². The van der Waals surface area contributed by atoms with E-state index in [2.05, 4.69) is 39.6 Å². The highest BCUT2D eigenvalue weighted by atomic mass is 127. The van der Waals surface area contributed by atoms with E-state index in [4.69, 9.17) is 9.73 Å². The van der Waals surface area contributed by atoms with Gasteiger partial charge in [0.25, 0.3) is 0 Å². The summed E-state index contributed by atoms with van der Waals surface area (Å²) < 4.78 is 7.11. The molecule has 2 heterocycles. The van der Waals surface area contributed by atoms with Crippen LogP contribution < -0.4 is 10.6 Å². The third-order valence-corrected chi connectivity index (χ3v) is 4.98. The number of ether oxygens (including phenoxy) is 1. The zero-order chi connectivity index (χ0) is 19.6. The van der Waals surface area contributed by atoms with Gasteiger partial charge in [-0.15, -0.1) is 34.2 Å². The van der Waals surface area contributed by atoms with Crippen molar-refractivity contribution in [1.29, 1.82) is 0 Å². The van der Waals surface area contributed by atoms with Crippen LogP contribution >= 0.6 is 24.0 Å². The summed E-state index contributed by atoms with van der Waals surface area (Å²) in [5.74, 6) is 3.30. The van der Waals surface area contributed by atoms with Gasteiger partial charge in [0, 0.05) is 46.4 Å². The molecule has 28 heavy (non-hydrogen) atoms. The van der Waals surface area contributed by atoms with E-state index in [1.165, 1.54) is 19.4 Å². The molecule has 0 aromatic carbocycles. The molecule has 0 unspecified atom stereocenters. The van der Waals surface area contributed by atoms with Crippen LogP contribution in [0.5, 0.6) is 0 Å². The molecule has 1 aromatic heterocycles. The number of methoxy groups -OCH3 is 1. The molecule has 1 saturated heterocycles. The molecule has 162 valence electrons. The number of aromatic nitrogens is 3. The van der Waals surface area contributed by atoms with E-state index in [1.54, 1.807) is 7.11 Å². The average Bonchev–Trinajstić information content (AvgIpc) is 3.20. The number of guanidine groups is 1. The van der Waals surface area contributed by atoms with E-state index in [0.29, 0.717) is 18.5 Å². The molecule has 0 aliphatic carbocycles. The fraction of sp³-hybridized carbons (Fsp3) is 0.842. The van der Waals surface area contributed by atoms with Crippen molar-refractivity contribution in [1.82, 2.24) is 30.3 Å². The molecule has 1 aliphatic heterocycles. The molecule has 0 amide bonds. The highest BCUT2D eigenvalue weighted by Crippen LogP contribution is 2.17. The van der Waals surface area contributed by atoms with Crippen LogP contribution in [0.4, 0.5) is 0 Å². The van der Waals surface area contributed by atoms with Crippen molar-refractivity contribution in [3.8, 4) is 0 Å². The van der Waals surface area contributed by atoms with Crippen LogP contribution in [0, 0.1) is 12.8 Å². The lowest BCUT2D eigenvalue weighted by Crippen LogP contribution is -2.46. The zero-order valence-electron chi connectivity index (χ0n) is 18.1. The molecule has 9 heteroatoms. The van der Waals surface area contributed by atoms with Crippen LogP contribution in [-0.4, -0.2) is 71.6 Å². The second kappa shape index (κ2) is 13.3. The molecule has 0 saturated carbocycles. The number of likely N-dealkylation sites (tertiary alicyclic amines) is 1. The molecule has 0 bridgehead atoms. The Balaban J connectivity index is 0.00000392. The van der Waals surface area contributed by atoms with Crippen LogP contribution in [0.25, 0.3) is 0 Å². The summed E-state index contributed by atoms with van der Waals surface area (Å²) >= 11 is 0. The fourth-order valence-corrected chi connectivity index (χ4v) is 3.39.